The van der Waals surface area contributed by atoms with Crippen molar-refractivity contribution in [2.24, 2.45) is 0 Å². The van der Waals surface area contributed by atoms with E-state index in [4.69, 9.17) is 0 Å². The van der Waals surface area contributed by atoms with Crippen molar-refractivity contribution < 1.29 is 0 Å². The second kappa shape index (κ2) is 11.2. The van der Waals surface area contributed by atoms with Crippen LogP contribution in [0, 0.1) is 0 Å². The van der Waals surface area contributed by atoms with Gasteiger partial charge in [-0.3, -0.25) is 0 Å². The average Bonchev–Trinajstić information content (AvgIpc) is 3.11. The van der Waals surface area contributed by atoms with E-state index in [-0.39, 0.29) is 0 Å². The van der Waals surface area contributed by atoms with Crippen LogP contribution in [0.4, 0.5) is 0 Å². The number of fused-ring (bicyclic) bond motifs is 2. The molecule has 8 aromatic carbocycles. The number of rotatable bonds is 5. The highest BCUT2D eigenvalue weighted by atomic mass is 14.3. The quantitative estimate of drug-likeness (QED) is 0.184. The molecule has 0 atom stereocenters. The summed E-state index contributed by atoms with van der Waals surface area (Å²) in [5.74, 6) is 0. The zero-order chi connectivity index (χ0) is 29.3. The normalized spacial score (nSPS) is 11.2. The summed E-state index contributed by atoms with van der Waals surface area (Å²) in [4.78, 5) is 0. The minimum Gasteiger partial charge on any atom is -0.0622 e. The van der Waals surface area contributed by atoms with E-state index >= 15 is 0 Å². The fraction of sp³-hybridized carbons (Fsp3) is 0. The Balaban J connectivity index is 1.54. The van der Waals surface area contributed by atoms with Crippen LogP contribution in [0.25, 0.3) is 77.2 Å². The lowest BCUT2D eigenvalue weighted by Gasteiger charge is -2.23. The third-order valence-corrected chi connectivity index (χ3v) is 8.70. The van der Waals surface area contributed by atoms with Crippen molar-refractivity contribution in [2.75, 3.05) is 0 Å². The molecule has 8 aromatic rings. The Morgan fingerprint density at radius 2 is 0.500 bits per heavy atom. The Hall–Kier alpha value is -5.72. The first-order chi connectivity index (χ1) is 21.9. The summed E-state index contributed by atoms with van der Waals surface area (Å²) in [6.45, 7) is 0. The Labute approximate surface area is 258 Å². The van der Waals surface area contributed by atoms with Gasteiger partial charge in [-0.15, -0.1) is 0 Å². The highest BCUT2D eigenvalue weighted by molar-refractivity contribution is 6.24. The molecule has 0 heteroatoms. The van der Waals surface area contributed by atoms with Crippen LogP contribution in [-0.2, 0) is 0 Å². The van der Waals surface area contributed by atoms with Gasteiger partial charge in [-0.2, -0.15) is 0 Å². The largest absolute Gasteiger partial charge is 0.0622 e. The average molecular weight is 559 g/mol. The number of hydrogen-bond acceptors (Lipinski definition) is 0. The van der Waals surface area contributed by atoms with E-state index < -0.39 is 0 Å². The monoisotopic (exact) mass is 558 g/mol. The second-order valence-corrected chi connectivity index (χ2v) is 11.2. The van der Waals surface area contributed by atoms with Crippen LogP contribution in [0.3, 0.4) is 0 Å². The lowest BCUT2D eigenvalue weighted by Crippen LogP contribution is -1.96. The molecular weight excluding hydrogens is 528 g/mol. The molecule has 0 fully saturated rings. The van der Waals surface area contributed by atoms with E-state index in [1.165, 1.54) is 77.2 Å². The Morgan fingerprint density at radius 1 is 0.182 bits per heavy atom. The first-order valence-electron chi connectivity index (χ1n) is 15.2. The highest BCUT2D eigenvalue weighted by Crippen LogP contribution is 2.50. The first kappa shape index (κ1) is 25.9. The Morgan fingerprint density at radius 3 is 0.955 bits per heavy atom. The molecule has 0 unspecified atom stereocenters. The Kier molecular flexibility index (Phi) is 6.59. The molecule has 0 saturated heterocycles. The zero-order valence-corrected chi connectivity index (χ0v) is 24.3. The fourth-order valence-corrected chi connectivity index (χ4v) is 6.80. The molecule has 0 N–H and O–H groups in total. The van der Waals surface area contributed by atoms with Gasteiger partial charge in [0.25, 0.3) is 0 Å². The van der Waals surface area contributed by atoms with E-state index in [1.54, 1.807) is 0 Å². The van der Waals surface area contributed by atoms with Crippen molar-refractivity contribution in [3.8, 4) is 55.6 Å². The van der Waals surface area contributed by atoms with Crippen molar-refractivity contribution in [3.05, 3.63) is 182 Å². The van der Waals surface area contributed by atoms with Gasteiger partial charge < -0.3 is 0 Å². The van der Waals surface area contributed by atoms with Gasteiger partial charge in [0.1, 0.15) is 0 Å². The van der Waals surface area contributed by atoms with Gasteiger partial charge >= 0.3 is 0 Å². The van der Waals surface area contributed by atoms with E-state index in [0.717, 1.165) is 0 Å². The smallest absolute Gasteiger partial charge is 0.00139 e. The standard InChI is InChI=1S/C44H30/c1-4-17-31(18-5-1)34-23-10-11-24-37(34)42-38-25-12-14-27-40(38)44(41-28-15-13-26-39(41)42)43-35(32-19-6-2-7-20-32)29-16-30-36(43)33-21-8-3-9-22-33/h1-30H. The van der Waals surface area contributed by atoms with E-state index in [1.807, 2.05) is 0 Å². The van der Waals surface area contributed by atoms with Crippen molar-refractivity contribution in [2.45, 2.75) is 0 Å². The molecule has 0 heterocycles. The maximum atomic E-state index is 2.31. The van der Waals surface area contributed by atoms with Gasteiger partial charge in [-0.1, -0.05) is 182 Å². The summed E-state index contributed by atoms with van der Waals surface area (Å²) in [6, 6.07) is 65.9. The van der Waals surface area contributed by atoms with Crippen molar-refractivity contribution in [1.82, 2.24) is 0 Å². The predicted octanol–water partition coefficient (Wildman–Crippen LogP) is 12.3. The molecule has 44 heavy (non-hydrogen) atoms. The third kappa shape index (κ3) is 4.40. The molecule has 0 amide bonds. The molecule has 0 nitrogen and oxygen atoms in total. The molecule has 0 aliphatic rings. The molecule has 8 rings (SSSR count). The lowest BCUT2D eigenvalue weighted by molar-refractivity contribution is 1.58. The SMILES string of the molecule is c1ccc(-c2ccccc2-c2c3ccccc3c(-c3c(-c4ccccc4)cccc3-c3ccccc3)c3ccccc23)cc1. The molecule has 0 aliphatic heterocycles. The summed E-state index contributed by atoms with van der Waals surface area (Å²) < 4.78 is 0. The minimum atomic E-state index is 1.21. The van der Waals surface area contributed by atoms with E-state index in [9.17, 15) is 0 Å². The molecule has 0 aliphatic carbocycles. The molecule has 0 bridgehead atoms. The van der Waals surface area contributed by atoms with Gasteiger partial charge in [0.2, 0.25) is 0 Å². The number of benzene rings is 8. The maximum absolute atomic E-state index is 2.31. The van der Waals surface area contributed by atoms with E-state index in [0.29, 0.717) is 0 Å². The van der Waals surface area contributed by atoms with Crippen molar-refractivity contribution in [1.29, 1.82) is 0 Å². The van der Waals surface area contributed by atoms with E-state index in [2.05, 4.69) is 182 Å². The third-order valence-electron chi connectivity index (χ3n) is 8.70. The highest BCUT2D eigenvalue weighted by Gasteiger charge is 2.22. The summed E-state index contributed by atoms with van der Waals surface area (Å²) >= 11 is 0. The van der Waals surface area contributed by atoms with Crippen LogP contribution < -0.4 is 0 Å². The topological polar surface area (TPSA) is 0 Å². The molecular formula is C44H30. The second-order valence-electron chi connectivity index (χ2n) is 11.2. The van der Waals surface area contributed by atoms with Crippen molar-refractivity contribution in [3.63, 3.8) is 0 Å². The van der Waals surface area contributed by atoms with Crippen LogP contribution in [0.1, 0.15) is 0 Å². The fourth-order valence-electron chi connectivity index (χ4n) is 6.80. The maximum Gasteiger partial charge on any atom is -0.00139 e. The molecule has 0 saturated carbocycles. The van der Waals surface area contributed by atoms with Crippen LogP contribution in [-0.4, -0.2) is 0 Å². The summed E-state index contributed by atoms with van der Waals surface area (Å²) in [5, 5.41) is 5.02. The summed E-state index contributed by atoms with van der Waals surface area (Å²) in [5.41, 5.74) is 12.4. The van der Waals surface area contributed by atoms with Gasteiger partial charge in [0, 0.05) is 0 Å². The van der Waals surface area contributed by atoms with Gasteiger partial charge in [0.05, 0.1) is 0 Å². The predicted molar refractivity (Wildman–Crippen MR) is 189 cm³/mol. The zero-order valence-electron chi connectivity index (χ0n) is 24.3. The van der Waals surface area contributed by atoms with Crippen molar-refractivity contribution >= 4 is 21.5 Å². The van der Waals surface area contributed by atoms with Crippen LogP contribution in [0.5, 0.6) is 0 Å². The Bertz CT molecular complexity index is 2130. The molecule has 206 valence electrons. The van der Waals surface area contributed by atoms with Gasteiger partial charge in [-0.05, 0) is 77.2 Å². The molecule has 0 radical (unpaired) electrons. The molecule has 0 aromatic heterocycles. The minimum absolute atomic E-state index is 1.21. The van der Waals surface area contributed by atoms with Gasteiger partial charge in [0.15, 0.2) is 0 Å². The van der Waals surface area contributed by atoms with Gasteiger partial charge in [-0.25, -0.2) is 0 Å². The molecule has 0 spiro atoms. The first-order valence-corrected chi connectivity index (χ1v) is 15.2. The van der Waals surface area contributed by atoms with Crippen LogP contribution in [0.15, 0.2) is 182 Å². The van der Waals surface area contributed by atoms with Crippen LogP contribution >= 0.6 is 0 Å². The summed E-state index contributed by atoms with van der Waals surface area (Å²) in [6.07, 6.45) is 0. The van der Waals surface area contributed by atoms with Crippen LogP contribution in [0.2, 0.25) is 0 Å². The lowest BCUT2D eigenvalue weighted by atomic mass is 9.80. The number of hydrogen-bond donors (Lipinski definition) is 0. The summed E-state index contributed by atoms with van der Waals surface area (Å²) in [7, 11) is 0.